The molecule has 100 valence electrons. The third-order valence-electron chi connectivity index (χ3n) is 2.47. The van der Waals surface area contributed by atoms with Crippen molar-refractivity contribution < 1.29 is 9.53 Å². The average molecular weight is 314 g/mol. The van der Waals surface area contributed by atoms with E-state index in [9.17, 15) is 4.79 Å². The number of halogens is 3. The molecular weight excluding hydrogens is 302 g/mol. The van der Waals surface area contributed by atoms with Crippen LogP contribution in [0.5, 0.6) is 0 Å². The van der Waals surface area contributed by atoms with Gasteiger partial charge in [0, 0.05) is 6.54 Å². The van der Waals surface area contributed by atoms with E-state index >= 15 is 0 Å². The number of carbonyl (C=O) groups is 1. The van der Waals surface area contributed by atoms with Crippen molar-refractivity contribution in [3.63, 3.8) is 0 Å². The maximum absolute atomic E-state index is 11.9. The van der Waals surface area contributed by atoms with Gasteiger partial charge in [-0.05, 0) is 0 Å². The van der Waals surface area contributed by atoms with Crippen LogP contribution in [0.25, 0.3) is 0 Å². The van der Waals surface area contributed by atoms with Gasteiger partial charge in [0.25, 0.3) is 0 Å². The molecule has 6 nitrogen and oxygen atoms in total. The van der Waals surface area contributed by atoms with Crippen LogP contribution in [0.3, 0.4) is 0 Å². The van der Waals surface area contributed by atoms with E-state index in [1.807, 2.05) is 12.2 Å². The van der Waals surface area contributed by atoms with Crippen molar-refractivity contribution in [2.45, 2.75) is 16.0 Å². The third kappa shape index (κ3) is 3.13. The molecule has 3 N–H and O–H groups in total. The Labute approximate surface area is 119 Å². The number of aliphatic imine (C=N–C) groups is 1. The Morgan fingerprint density at radius 1 is 1.67 bits per heavy atom. The lowest BCUT2D eigenvalue weighted by Gasteiger charge is -2.31. The van der Waals surface area contributed by atoms with E-state index in [-0.39, 0.29) is 18.6 Å². The van der Waals surface area contributed by atoms with E-state index in [1.54, 1.807) is 0 Å². The van der Waals surface area contributed by atoms with Crippen molar-refractivity contribution in [3.8, 4) is 0 Å². The van der Waals surface area contributed by atoms with E-state index in [0.29, 0.717) is 6.54 Å². The smallest absolute Gasteiger partial charge is 0.412 e. The molecule has 2 aliphatic heterocycles. The fraction of sp³-hybridized carbons (Fsp3) is 0.556. The minimum atomic E-state index is -1.63. The summed E-state index contributed by atoms with van der Waals surface area (Å²) in [5, 5.41) is 2.93. The lowest BCUT2D eigenvalue weighted by molar-refractivity contribution is 0.0897. The Balaban J connectivity index is 2.00. The molecule has 18 heavy (non-hydrogen) atoms. The zero-order valence-corrected chi connectivity index (χ0v) is 11.4. The van der Waals surface area contributed by atoms with Crippen molar-refractivity contribution >= 4 is 46.9 Å². The van der Waals surface area contributed by atoms with Gasteiger partial charge in [-0.15, -0.1) is 0 Å². The highest BCUT2D eigenvalue weighted by Gasteiger charge is 2.37. The fourth-order valence-corrected chi connectivity index (χ4v) is 1.92. The first-order chi connectivity index (χ1) is 8.37. The van der Waals surface area contributed by atoms with Gasteiger partial charge in [0.2, 0.25) is 3.79 Å². The molecule has 2 atom stereocenters. The van der Waals surface area contributed by atoms with Gasteiger partial charge in [-0.1, -0.05) is 47.0 Å². The van der Waals surface area contributed by atoms with Gasteiger partial charge in [0.05, 0.1) is 6.04 Å². The predicted molar refractivity (Wildman–Crippen MR) is 69.8 cm³/mol. The second kappa shape index (κ2) is 5.03. The molecule has 1 amide bonds. The van der Waals surface area contributed by atoms with Crippen LogP contribution >= 0.6 is 34.8 Å². The topological polar surface area (TPSA) is 80.0 Å². The van der Waals surface area contributed by atoms with Gasteiger partial charge in [-0.25, -0.2) is 9.79 Å². The van der Waals surface area contributed by atoms with Crippen molar-refractivity contribution in [1.29, 1.82) is 0 Å². The van der Waals surface area contributed by atoms with Gasteiger partial charge < -0.3 is 15.8 Å². The third-order valence-corrected chi connectivity index (χ3v) is 2.79. The molecule has 0 aromatic heterocycles. The van der Waals surface area contributed by atoms with E-state index in [1.165, 1.54) is 4.90 Å². The molecule has 2 rings (SSSR count). The summed E-state index contributed by atoms with van der Waals surface area (Å²) in [5.74, 6) is 0.288. The van der Waals surface area contributed by atoms with Crippen LogP contribution in [0.4, 0.5) is 4.79 Å². The Bertz CT molecular complexity index is 407. The highest BCUT2D eigenvalue weighted by Crippen LogP contribution is 2.27. The summed E-state index contributed by atoms with van der Waals surface area (Å²) in [7, 11) is 0. The number of guanidine groups is 1. The monoisotopic (exact) mass is 312 g/mol. The number of hydrogen-bond donors (Lipinski definition) is 2. The number of carbonyl (C=O) groups excluding carboxylic acids is 1. The Hall–Kier alpha value is -0.850. The minimum absolute atomic E-state index is 0.140. The maximum Gasteiger partial charge on any atom is 0.412 e. The molecule has 0 radical (unpaired) electrons. The minimum Gasteiger partial charge on any atom is -0.445 e. The summed E-state index contributed by atoms with van der Waals surface area (Å²) in [6.45, 7) is 0.0546. The summed E-state index contributed by atoms with van der Waals surface area (Å²) in [4.78, 5) is 17.4. The molecule has 2 aliphatic rings. The van der Waals surface area contributed by atoms with Crippen molar-refractivity contribution in [1.82, 2.24) is 10.2 Å². The quantitative estimate of drug-likeness (QED) is 0.558. The molecule has 0 aromatic carbocycles. The van der Waals surface area contributed by atoms with Gasteiger partial charge in [0.15, 0.2) is 12.1 Å². The van der Waals surface area contributed by atoms with Crippen LogP contribution in [-0.2, 0) is 4.74 Å². The molecule has 0 spiro atoms. The fourth-order valence-electron chi connectivity index (χ4n) is 1.75. The molecule has 0 saturated heterocycles. The molecule has 0 aromatic rings. The maximum atomic E-state index is 11.9. The summed E-state index contributed by atoms with van der Waals surface area (Å²) in [5.41, 5.74) is 5.56. The molecule has 2 heterocycles. The standard InChI is InChI=1S/C9H11Cl3N4O2/c10-9(11,12)4-18-8(17)16-3-1-2-5-6(16)15-7(13)14-5/h1-2,5-6H,3-4H2,(H3,13,14,15). The van der Waals surface area contributed by atoms with Crippen LogP contribution in [-0.4, -0.2) is 46.1 Å². The van der Waals surface area contributed by atoms with E-state index in [0.717, 1.165) is 0 Å². The molecule has 0 saturated carbocycles. The number of rotatable bonds is 1. The Morgan fingerprint density at radius 3 is 3.06 bits per heavy atom. The summed E-state index contributed by atoms with van der Waals surface area (Å²) < 4.78 is 3.28. The Kier molecular flexibility index (Phi) is 3.79. The first kappa shape index (κ1) is 13.6. The number of nitrogens with one attached hydrogen (secondary N) is 1. The number of alkyl halides is 3. The normalized spacial score (nSPS) is 26.4. The number of nitrogens with zero attached hydrogens (tertiary/aromatic N) is 2. The molecule has 2 unspecified atom stereocenters. The number of nitrogens with two attached hydrogens (primary N) is 1. The first-order valence-electron chi connectivity index (χ1n) is 5.13. The van der Waals surface area contributed by atoms with Gasteiger partial charge in [0.1, 0.15) is 6.61 Å². The largest absolute Gasteiger partial charge is 0.445 e. The highest BCUT2D eigenvalue weighted by atomic mass is 35.6. The number of ether oxygens (including phenoxy) is 1. The van der Waals surface area contributed by atoms with Crippen molar-refractivity contribution in [3.05, 3.63) is 12.2 Å². The van der Waals surface area contributed by atoms with Gasteiger partial charge in [-0.2, -0.15) is 0 Å². The number of hydrogen-bond acceptors (Lipinski definition) is 5. The van der Waals surface area contributed by atoms with E-state index in [4.69, 9.17) is 45.3 Å². The van der Waals surface area contributed by atoms with Gasteiger partial charge >= 0.3 is 6.09 Å². The van der Waals surface area contributed by atoms with E-state index < -0.39 is 16.1 Å². The zero-order chi connectivity index (χ0) is 13.3. The summed E-state index contributed by atoms with van der Waals surface area (Å²) >= 11 is 16.5. The summed E-state index contributed by atoms with van der Waals surface area (Å²) in [6.07, 6.45) is 2.70. The van der Waals surface area contributed by atoms with Crippen LogP contribution < -0.4 is 11.1 Å². The van der Waals surface area contributed by atoms with Crippen LogP contribution in [0.2, 0.25) is 0 Å². The van der Waals surface area contributed by atoms with Gasteiger partial charge in [-0.3, -0.25) is 4.90 Å². The highest BCUT2D eigenvalue weighted by molar-refractivity contribution is 6.67. The SMILES string of the molecule is NC1=NC2C(C=CCN2C(=O)OCC(Cl)(Cl)Cl)N1. The Morgan fingerprint density at radius 2 is 2.39 bits per heavy atom. The van der Waals surface area contributed by atoms with Crippen LogP contribution in [0.15, 0.2) is 17.1 Å². The van der Waals surface area contributed by atoms with Crippen LogP contribution in [0.1, 0.15) is 0 Å². The number of fused-ring (bicyclic) bond motifs is 1. The van der Waals surface area contributed by atoms with Crippen LogP contribution in [0, 0.1) is 0 Å². The molecule has 0 fully saturated rings. The lowest BCUT2D eigenvalue weighted by Crippen LogP contribution is -2.50. The lowest BCUT2D eigenvalue weighted by atomic mass is 10.1. The van der Waals surface area contributed by atoms with E-state index in [2.05, 4.69) is 10.3 Å². The predicted octanol–water partition coefficient (Wildman–Crippen LogP) is 0.978. The second-order valence-corrected chi connectivity index (χ2v) is 6.36. The van der Waals surface area contributed by atoms with Crippen molar-refractivity contribution in [2.24, 2.45) is 10.7 Å². The summed E-state index contributed by atoms with van der Waals surface area (Å²) in [6, 6.07) is -0.140. The molecule has 9 heteroatoms. The molecule has 0 bridgehead atoms. The molecule has 0 aliphatic carbocycles. The van der Waals surface area contributed by atoms with Crippen molar-refractivity contribution in [2.75, 3.05) is 13.2 Å². The second-order valence-electron chi connectivity index (χ2n) is 3.85. The number of amides is 1. The zero-order valence-electron chi connectivity index (χ0n) is 9.15. The average Bonchev–Trinajstić information content (AvgIpc) is 2.64. The first-order valence-corrected chi connectivity index (χ1v) is 6.27. The molecular formula is C9H11Cl3N4O2.